The molecule has 1 N–H and O–H groups in total. The maximum atomic E-state index is 12.5. The summed E-state index contributed by atoms with van der Waals surface area (Å²) in [5, 5.41) is 3.39. The Balaban J connectivity index is 2.07. The van der Waals surface area contributed by atoms with Gasteiger partial charge in [-0.3, -0.25) is 10.1 Å². The predicted octanol–water partition coefficient (Wildman–Crippen LogP) is 1.52. The molecule has 3 rings (SSSR count). The number of hydrogen-bond acceptors (Lipinski definition) is 2. The molecule has 3 heterocycles. The maximum absolute atomic E-state index is 12.5. The Morgan fingerprint density at radius 2 is 2.41 bits per heavy atom. The zero-order valence-electron chi connectivity index (χ0n) is 10.4. The lowest BCUT2D eigenvalue weighted by molar-refractivity contribution is -0.140. The normalized spacial score (nSPS) is 29.1. The van der Waals surface area contributed by atoms with Gasteiger partial charge in [0.2, 0.25) is 5.91 Å². The summed E-state index contributed by atoms with van der Waals surface area (Å²) in [5.74, 6) is 0.660. The first-order valence-electron chi connectivity index (χ1n) is 6.44. The molecule has 2 aliphatic heterocycles. The van der Waals surface area contributed by atoms with Crippen molar-refractivity contribution in [2.75, 3.05) is 13.1 Å². The van der Waals surface area contributed by atoms with E-state index in [0.29, 0.717) is 5.92 Å². The molecule has 92 valence electrons. The van der Waals surface area contributed by atoms with E-state index < -0.39 is 0 Å². The van der Waals surface area contributed by atoms with E-state index in [2.05, 4.69) is 29.8 Å². The fourth-order valence-electron chi connectivity index (χ4n) is 2.98. The number of nitrogens with one attached hydrogen (secondary N) is 1. The summed E-state index contributed by atoms with van der Waals surface area (Å²) < 4.78 is 2.16. The Bertz CT molecular complexity index is 440. The minimum atomic E-state index is -0.0128. The van der Waals surface area contributed by atoms with Crippen LogP contribution in [0, 0.1) is 5.92 Å². The molecule has 0 aliphatic carbocycles. The van der Waals surface area contributed by atoms with Crippen LogP contribution in [0.1, 0.15) is 38.2 Å². The average molecular weight is 233 g/mol. The molecule has 0 spiro atoms. The van der Waals surface area contributed by atoms with Gasteiger partial charge < -0.3 is 9.47 Å². The van der Waals surface area contributed by atoms with Crippen LogP contribution < -0.4 is 5.32 Å². The van der Waals surface area contributed by atoms with Gasteiger partial charge in [0, 0.05) is 19.3 Å². The third-order valence-electron chi connectivity index (χ3n) is 4.11. The molecule has 1 aromatic rings. The molecule has 17 heavy (non-hydrogen) atoms. The van der Waals surface area contributed by atoms with Crippen molar-refractivity contribution >= 4 is 5.91 Å². The van der Waals surface area contributed by atoms with Crippen LogP contribution in [-0.4, -0.2) is 28.5 Å². The standard InChI is InChI=1S/C13H19N3O/c1-3-9(2)11-13(17)16-8-6-14-12(16)10-5-4-7-15(10)11/h4-5,7,9,11-12,14H,3,6,8H2,1-2H3/t9-,11-,12?/m0/s1. The minimum Gasteiger partial charge on any atom is -0.336 e. The van der Waals surface area contributed by atoms with E-state index in [1.807, 2.05) is 17.2 Å². The molecule has 1 aromatic heterocycles. The van der Waals surface area contributed by atoms with Crippen LogP contribution in [-0.2, 0) is 4.79 Å². The van der Waals surface area contributed by atoms with Crippen LogP contribution in [0.2, 0.25) is 0 Å². The summed E-state index contributed by atoms with van der Waals surface area (Å²) >= 11 is 0. The average Bonchev–Trinajstić information content (AvgIpc) is 2.95. The monoisotopic (exact) mass is 233 g/mol. The van der Waals surface area contributed by atoms with Gasteiger partial charge in [0.1, 0.15) is 12.2 Å². The van der Waals surface area contributed by atoms with Crippen LogP contribution in [0.4, 0.5) is 0 Å². The van der Waals surface area contributed by atoms with Gasteiger partial charge in [0.05, 0.1) is 5.69 Å². The van der Waals surface area contributed by atoms with E-state index in [0.717, 1.165) is 19.5 Å². The van der Waals surface area contributed by atoms with Crippen molar-refractivity contribution in [3.63, 3.8) is 0 Å². The lowest BCUT2D eigenvalue weighted by atomic mass is 9.95. The van der Waals surface area contributed by atoms with E-state index >= 15 is 0 Å². The lowest BCUT2D eigenvalue weighted by Gasteiger charge is -2.38. The number of nitrogens with zero attached hydrogens (tertiary/aromatic N) is 2. The van der Waals surface area contributed by atoms with E-state index in [4.69, 9.17) is 0 Å². The highest BCUT2D eigenvalue weighted by molar-refractivity contribution is 5.82. The molecule has 1 saturated heterocycles. The molecular weight excluding hydrogens is 214 g/mol. The molecule has 0 bridgehead atoms. The summed E-state index contributed by atoms with van der Waals surface area (Å²) in [7, 11) is 0. The van der Waals surface area contributed by atoms with E-state index in [9.17, 15) is 4.79 Å². The van der Waals surface area contributed by atoms with E-state index in [1.54, 1.807) is 0 Å². The summed E-state index contributed by atoms with van der Waals surface area (Å²) in [6.45, 7) is 6.04. The number of rotatable bonds is 2. The Morgan fingerprint density at radius 1 is 1.59 bits per heavy atom. The predicted molar refractivity (Wildman–Crippen MR) is 65.4 cm³/mol. The number of hydrogen-bond donors (Lipinski definition) is 1. The van der Waals surface area contributed by atoms with Crippen molar-refractivity contribution in [2.24, 2.45) is 5.92 Å². The number of carbonyl (C=O) groups excluding carboxylic acids is 1. The van der Waals surface area contributed by atoms with Crippen molar-refractivity contribution in [1.82, 2.24) is 14.8 Å². The van der Waals surface area contributed by atoms with Gasteiger partial charge in [-0.1, -0.05) is 20.3 Å². The first-order chi connectivity index (χ1) is 8.24. The molecule has 3 atom stereocenters. The molecule has 1 amide bonds. The second kappa shape index (κ2) is 3.88. The number of aromatic nitrogens is 1. The largest absolute Gasteiger partial charge is 0.336 e. The molecule has 4 heteroatoms. The smallest absolute Gasteiger partial charge is 0.247 e. The number of carbonyl (C=O) groups is 1. The van der Waals surface area contributed by atoms with Crippen molar-refractivity contribution in [2.45, 2.75) is 32.5 Å². The van der Waals surface area contributed by atoms with Gasteiger partial charge in [-0.25, -0.2) is 0 Å². The second-order valence-electron chi connectivity index (χ2n) is 5.06. The molecule has 0 radical (unpaired) electrons. The Kier molecular flexibility index (Phi) is 2.47. The fourth-order valence-corrected chi connectivity index (χ4v) is 2.98. The molecule has 1 unspecified atom stereocenters. The maximum Gasteiger partial charge on any atom is 0.247 e. The van der Waals surface area contributed by atoms with Crippen LogP contribution in [0.25, 0.3) is 0 Å². The number of amides is 1. The number of fused-ring (bicyclic) bond motifs is 3. The second-order valence-corrected chi connectivity index (χ2v) is 5.06. The van der Waals surface area contributed by atoms with Gasteiger partial charge >= 0.3 is 0 Å². The SMILES string of the molecule is CC[C@H](C)[C@H]1C(=O)N2CCNC2c2cccn21. The Morgan fingerprint density at radius 3 is 3.18 bits per heavy atom. The highest BCUT2D eigenvalue weighted by atomic mass is 16.2. The fraction of sp³-hybridized carbons (Fsp3) is 0.615. The third kappa shape index (κ3) is 1.43. The van der Waals surface area contributed by atoms with Crippen molar-refractivity contribution in [1.29, 1.82) is 0 Å². The van der Waals surface area contributed by atoms with Gasteiger partial charge in [0.15, 0.2) is 0 Å². The van der Waals surface area contributed by atoms with E-state index in [-0.39, 0.29) is 18.1 Å². The quantitative estimate of drug-likeness (QED) is 0.841. The first-order valence-corrected chi connectivity index (χ1v) is 6.44. The zero-order valence-corrected chi connectivity index (χ0v) is 10.4. The summed E-state index contributed by atoms with van der Waals surface area (Å²) in [6, 6.07) is 4.15. The van der Waals surface area contributed by atoms with Gasteiger partial charge in [-0.2, -0.15) is 0 Å². The van der Waals surface area contributed by atoms with E-state index in [1.165, 1.54) is 5.69 Å². The Hall–Kier alpha value is -1.29. The summed E-state index contributed by atoms with van der Waals surface area (Å²) in [6.07, 6.45) is 3.17. The topological polar surface area (TPSA) is 37.3 Å². The molecule has 0 saturated carbocycles. The zero-order chi connectivity index (χ0) is 12.0. The van der Waals surface area contributed by atoms with Crippen LogP contribution in [0.3, 0.4) is 0 Å². The molecule has 1 fully saturated rings. The lowest BCUT2D eigenvalue weighted by Crippen LogP contribution is -2.46. The highest BCUT2D eigenvalue weighted by Crippen LogP contribution is 2.36. The minimum absolute atomic E-state index is 0.0128. The van der Waals surface area contributed by atoms with Gasteiger partial charge in [-0.05, 0) is 18.1 Å². The molecule has 2 aliphatic rings. The van der Waals surface area contributed by atoms with Crippen LogP contribution in [0.15, 0.2) is 18.3 Å². The summed E-state index contributed by atoms with van der Waals surface area (Å²) in [5.41, 5.74) is 1.23. The Labute approximate surface area is 102 Å². The summed E-state index contributed by atoms with van der Waals surface area (Å²) in [4.78, 5) is 14.5. The molecule has 0 aromatic carbocycles. The van der Waals surface area contributed by atoms with Crippen molar-refractivity contribution < 1.29 is 4.79 Å². The molecule has 4 nitrogen and oxygen atoms in total. The highest BCUT2D eigenvalue weighted by Gasteiger charge is 2.42. The first kappa shape index (κ1) is 10.8. The third-order valence-corrected chi connectivity index (χ3v) is 4.11. The van der Waals surface area contributed by atoms with Gasteiger partial charge in [0.25, 0.3) is 0 Å². The van der Waals surface area contributed by atoms with Crippen LogP contribution >= 0.6 is 0 Å². The van der Waals surface area contributed by atoms with Crippen molar-refractivity contribution in [3.05, 3.63) is 24.0 Å². The van der Waals surface area contributed by atoms with Crippen molar-refractivity contribution in [3.8, 4) is 0 Å². The molecular formula is C13H19N3O. The van der Waals surface area contributed by atoms with Crippen LogP contribution in [0.5, 0.6) is 0 Å². The van der Waals surface area contributed by atoms with Gasteiger partial charge in [-0.15, -0.1) is 0 Å².